The Bertz CT molecular complexity index is 488. The van der Waals surface area contributed by atoms with Crippen LogP contribution in [0, 0.1) is 16.7 Å². The van der Waals surface area contributed by atoms with Gasteiger partial charge in [0.25, 0.3) is 0 Å². The zero-order valence-corrected chi connectivity index (χ0v) is 11.6. The molecule has 3 nitrogen and oxygen atoms in total. The summed E-state index contributed by atoms with van der Waals surface area (Å²) in [5.74, 6) is 0.864. The summed E-state index contributed by atoms with van der Waals surface area (Å²) in [6.45, 7) is 4.53. The van der Waals surface area contributed by atoms with Crippen LogP contribution in [0.1, 0.15) is 50.3 Å². The summed E-state index contributed by atoms with van der Waals surface area (Å²) < 4.78 is 5.72. The molecule has 0 unspecified atom stereocenters. The highest BCUT2D eigenvalue weighted by Crippen LogP contribution is 2.33. The van der Waals surface area contributed by atoms with Crippen molar-refractivity contribution in [2.75, 3.05) is 6.61 Å². The lowest BCUT2D eigenvalue weighted by Gasteiger charge is -2.15. The third kappa shape index (κ3) is 3.48. The van der Waals surface area contributed by atoms with Gasteiger partial charge in [0.15, 0.2) is 0 Å². The largest absolute Gasteiger partial charge is 0.494 e. The zero-order chi connectivity index (χ0) is 13.9. The highest BCUT2D eigenvalue weighted by molar-refractivity contribution is 5.39. The number of nitrogens with zero attached hydrogens (tertiary/aromatic N) is 1. The zero-order valence-electron chi connectivity index (χ0n) is 11.6. The molecule has 0 saturated heterocycles. The maximum atomic E-state index is 9.73. The number of hydrogen-bond donors (Lipinski definition) is 1. The summed E-state index contributed by atoms with van der Waals surface area (Å²) in [5, 5.41) is 18.7. The molecule has 0 aliphatic heterocycles. The normalized spacial score (nSPS) is 17.9. The van der Waals surface area contributed by atoms with E-state index in [4.69, 9.17) is 10.00 Å². The van der Waals surface area contributed by atoms with Gasteiger partial charge in [-0.3, -0.25) is 0 Å². The Morgan fingerprint density at radius 3 is 3.00 bits per heavy atom. The van der Waals surface area contributed by atoms with Gasteiger partial charge in [-0.15, -0.1) is 0 Å². The number of aliphatic hydroxyl groups excluding tert-OH is 1. The lowest BCUT2D eigenvalue weighted by Crippen LogP contribution is -2.10. The molecule has 102 valence electrons. The first-order valence-electron chi connectivity index (χ1n) is 6.87. The number of fused-ring (bicyclic) bond motifs is 1. The Kier molecular flexibility index (Phi) is 4.11. The lowest BCUT2D eigenvalue weighted by molar-refractivity contribution is 0.180. The van der Waals surface area contributed by atoms with Crippen molar-refractivity contribution < 1.29 is 9.84 Å². The number of rotatable bonds is 5. The summed E-state index contributed by atoms with van der Waals surface area (Å²) in [6.07, 6.45) is 3.15. The maximum Gasteiger partial charge on any atom is 0.119 e. The molecule has 2 rings (SSSR count). The van der Waals surface area contributed by atoms with Gasteiger partial charge in [-0.1, -0.05) is 6.07 Å². The maximum absolute atomic E-state index is 9.73. The van der Waals surface area contributed by atoms with E-state index >= 15 is 0 Å². The second kappa shape index (κ2) is 5.63. The molecule has 0 heterocycles. The van der Waals surface area contributed by atoms with Gasteiger partial charge in [-0.2, -0.15) is 5.26 Å². The first-order valence-corrected chi connectivity index (χ1v) is 6.87. The Morgan fingerprint density at radius 2 is 2.26 bits per heavy atom. The summed E-state index contributed by atoms with van der Waals surface area (Å²) in [5.41, 5.74) is 1.96. The second-order valence-electron chi connectivity index (χ2n) is 5.86. The van der Waals surface area contributed by atoms with Crippen LogP contribution in [0.4, 0.5) is 0 Å². The SMILES string of the molecule is CC(C)(C#N)CCCOc1ccc2c(c1)CC[C@H]2O. The second-order valence-corrected chi connectivity index (χ2v) is 5.86. The fourth-order valence-corrected chi connectivity index (χ4v) is 2.42. The standard InChI is InChI=1S/C16H21NO2/c1-16(2,11-17)8-3-9-19-13-5-6-14-12(10-13)4-7-15(14)18/h5-6,10,15,18H,3-4,7-9H2,1-2H3/t15-/m1/s1. The predicted molar refractivity (Wildman–Crippen MR) is 73.8 cm³/mol. The van der Waals surface area contributed by atoms with E-state index in [1.54, 1.807) is 0 Å². The number of aliphatic hydroxyl groups is 1. The van der Waals surface area contributed by atoms with Crippen LogP contribution in [0.2, 0.25) is 0 Å². The summed E-state index contributed by atoms with van der Waals surface area (Å²) >= 11 is 0. The molecular weight excluding hydrogens is 238 g/mol. The number of aryl methyl sites for hydroxylation is 1. The molecule has 0 fully saturated rings. The van der Waals surface area contributed by atoms with Crippen LogP contribution < -0.4 is 4.74 Å². The molecule has 0 aromatic heterocycles. The highest BCUT2D eigenvalue weighted by Gasteiger charge is 2.20. The lowest BCUT2D eigenvalue weighted by atomic mass is 9.90. The van der Waals surface area contributed by atoms with Crippen molar-refractivity contribution in [3.05, 3.63) is 29.3 Å². The van der Waals surface area contributed by atoms with Crippen LogP contribution in [0.3, 0.4) is 0 Å². The van der Waals surface area contributed by atoms with E-state index in [9.17, 15) is 5.11 Å². The molecule has 0 spiro atoms. The number of ether oxygens (including phenoxy) is 1. The minimum Gasteiger partial charge on any atom is -0.494 e. The van der Waals surface area contributed by atoms with E-state index in [1.165, 1.54) is 5.56 Å². The third-order valence-electron chi connectivity index (χ3n) is 3.68. The molecule has 1 aliphatic carbocycles. The van der Waals surface area contributed by atoms with Crippen molar-refractivity contribution in [3.63, 3.8) is 0 Å². The van der Waals surface area contributed by atoms with E-state index in [2.05, 4.69) is 6.07 Å². The molecule has 3 heteroatoms. The monoisotopic (exact) mass is 259 g/mol. The molecular formula is C16H21NO2. The molecule has 1 aromatic rings. The van der Waals surface area contributed by atoms with Crippen molar-refractivity contribution in [2.45, 2.75) is 45.6 Å². The van der Waals surface area contributed by atoms with Crippen LogP contribution >= 0.6 is 0 Å². The molecule has 1 aliphatic rings. The number of benzene rings is 1. The fraction of sp³-hybridized carbons (Fsp3) is 0.562. The quantitative estimate of drug-likeness (QED) is 0.825. The van der Waals surface area contributed by atoms with Crippen molar-refractivity contribution >= 4 is 0 Å². The van der Waals surface area contributed by atoms with E-state index in [1.807, 2.05) is 32.0 Å². The molecule has 1 N–H and O–H groups in total. The third-order valence-corrected chi connectivity index (χ3v) is 3.68. The summed E-state index contributed by atoms with van der Waals surface area (Å²) in [7, 11) is 0. The first kappa shape index (κ1) is 13.9. The van der Waals surface area contributed by atoms with Crippen LogP contribution in [0.25, 0.3) is 0 Å². The number of nitriles is 1. The van der Waals surface area contributed by atoms with Gasteiger partial charge in [0.1, 0.15) is 5.75 Å². The molecule has 19 heavy (non-hydrogen) atoms. The average Bonchev–Trinajstić information content (AvgIpc) is 2.76. The fourth-order valence-electron chi connectivity index (χ4n) is 2.42. The summed E-state index contributed by atoms with van der Waals surface area (Å²) in [4.78, 5) is 0. The molecule has 0 bridgehead atoms. The van der Waals surface area contributed by atoms with Crippen LogP contribution in [-0.2, 0) is 6.42 Å². The van der Waals surface area contributed by atoms with Gasteiger partial charge in [0.2, 0.25) is 0 Å². The van der Waals surface area contributed by atoms with Crippen LogP contribution in [0.15, 0.2) is 18.2 Å². The molecule has 1 aromatic carbocycles. The average molecular weight is 259 g/mol. The predicted octanol–water partition coefficient (Wildman–Crippen LogP) is 3.37. The Balaban J connectivity index is 1.83. The minimum atomic E-state index is -0.305. The van der Waals surface area contributed by atoms with Gasteiger partial charge in [-0.05, 0) is 62.8 Å². The molecule has 0 radical (unpaired) electrons. The van der Waals surface area contributed by atoms with Crippen LogP contribution in [-0.4, -0.2) is 11.7 Å². The molecule has 1 atom stereocenters. The Morgan fingerprint density at radius 1 is 1.47 bits per heavy atom. The molecule has 0 amide bonds. The minimum absolute atomic E-state index is 0.272. The van der Waals surface area contributed by atoms with Gasteiger partial charge in [0.05, 0.1) is 24.2 Å². The van der Waals surface area contributed by atoms with Gasteiger partial charge in [-0.25, -0.2) is 0 Å². The Labute approximate surface area is 114 Å². The molecule has 0 saturated carbocycles. The van der Waals surface area contributed by atoms with Crippen molar-refractivity contribution in [3.8, 4) is 11.8 Å². The highest BCUT2D eigenvalue weighted by atomic mass is 16.5. The van der Waals surface area contributed by atoms with Gasteiger partial charge in [0, 0.05) is 0 Å². The van der Waals surface area contributed by atoms with Gasteiger partial charge < -0.3 is 9.84 Å². The van der Waals surface area contributed by atoms with Crippen molar-refractivity contribution in [2.24, 2.45) is 5.41 Å². The number of hydrogen-bond acceptors (Lipinski definition) is 3. The van der Waals surface area contributed by atoms with E-state index in [-0.39, 0.29) is 11.5 Å². The van der Waals surface area contributed by atoms with Gasteiger partial charge >= 0.3 is 0 Å². The van der Waals surface area contributed by atoms with Crippen molar-refractivity contribution in [1.82, 2.24) is 0 Å². The van der Waals surface area contributed by atoms with E-state index in [0.717, 1.165) is 37.0 Å². The first-order chi connectivity index (χ1) is 9.02. The smallest absolute Gasteiger partial charge is 0.119 e. The Hall–Kier alpha value is -1.53. The van der Waals surface area contributed by atoms with Crippen molar-refractivity contribution in [1.29, 1.82) is 5.26 Å². The van der Waals surface area contributed by atoms with E-state index in [0.29, 0.717) is 6.61 Å². The van der Waals surface area contributed by atoms with E-state index < -0.39 is 0 Å². The van der Waals surface area contributed by atoms with Crippen LogP contribution in [0.5, 0.6) is 5.75 Å². The topological polar surface area (TPSA) is 53.2 Å². The summed E-state index contributed by atoms with van der Waals surface area (Å²) in [6, 6.07) is 8.20.